The number of rotatable bonds is 4. The van der Waals surface area contributed by atoms with Gasteiger partial charge in [0.25, 0.3) is 0 Å². The van der Waals surface area contributed by atoms with E-state index in [9.17, 15) is 14.0 Å². The Bertz CT molecular complexity index is 1470. The predicted molar refractivity (Wildman–Crippen MR) is 135 cm³/mol. The summed E-state index contributed by atoms with van der Waals surface area (Å²) in [5.74, 6) is -0.477. The number of nitrogens with zero attached hydrogens (tertiary/aromatic N) is 2. The van der Waals surface area contributed by atoms with Gasteiger partial charge in [-0.1, -0.05) is 64.5 Å². The van der Waals surface area contributed by atoms with Gasteiger partial charge in [-0.15, -0.1) is 0 Å². The van der Waals surface area contributed by atoms with Crippen LogP contribution in [0.2, 0.25) is 0 Å². The smallest absolute Gasteiger partial charge is 0.246 e. The Balaban J connectivity index is 1.40. The minimum absolute atomic E-state index is 0.0101. The van der Waals surface area contributed by atoms with Crippen molar-refractivity contribution in [2.75, 3.05) is 13.1 Å². The van der Waals surface area contributed by atoms with Crippen LogP contribution in [0.3, 0.4) is 0 Å². The van der Waals surface area contributed by atoms with E-state index in [4.69, 9.17) is 0 Å². The highest BCUT2D eigenvalue weighted by atomic mass is 79.9. The van der Waals surface area contributed by atoms with Gasteiger partial charge < -0.3 is 14.8 Å². The summed E-state index contributed by atoms with van der Waals surface area (Å²) in [5.41, 5.74) is 4.52. The maximum Gasteiger partial charge on any atom is 0.246 e. The van der Waals surface area contributed by atoms with Gasteiger partial charge in [-0.2, -0.15) is 0 Å². The zero-order chi connectivity index (χ0) is 24.1. The third kappa shape index (κ3) is 3.74. The van der Waals surface area contributed by atoms with Crippen molar-refractivity contribution in [2.45, 2.75) is 24.9 Å². The molecule has 176 valence electrons. The molecular formula is C28H23BrFN3O2. The fraction of sp³-hybridized carbons (Fsp3) is 0.214. The van der Waals surface area contributed by atoms with Gasteiger partial charge in [0, 0.05) is 34.0 Å². The van der Waals surface area contributed by atoms with Crippen molar-refractivity contribution in [1.29, 1.82) is 0 Å². The van der Waals surface area contributed by atoms with E-state index in [1.807, 2.05) is 42.5 Å². The number of carbonyl (C=O) groups is 2. The third-order valence-corrected chi connectivity index (χ3v) is 7.61. The Labute approximate surface area is 210 Å². The summed E-state index contributed by atoms with van der Waals surface area (Å²) >= 11 is 3.56. The van der Waals surface area contributed by atoms with Crippen molar-refractivity contribution in [3.8, 4) is 0 Å². The van der Waals surface area contributed by atoms with Crippen LogP contribution in [0.5, 0.6) is 0 Å². The monoisotopic (exact) mass is 531 g/mol. The molecule has 0 spiro atoms. The van der Waals surface area contributed by atoms with E-state index in [1.165, 1.54) is 6.07 Å². The maximum absolute atomic E-state index is 14.2. The van der Waals surface area contributed by atoms with Gasteiger partial charge in [0.2, 0.25) is 11.8 Å². The SMILES string of the molecule is O=C1C2Cc3c([nH]c4ccccc34)C(c3cccc(Br)c3)N2C(=O)CN1CCc1ccccc1F. The molecule has 0 bridgehead atoms. The molecule has 3 heterocycles. The van der Waals surface area contributed by atoms with Gasteiger partial charge in [-0.25, -0.2) is 4.39 Å². The number of nitrogens with one attached hydrogen (secondary N) is 1. The number of aromatic amines is 1. The number of para-hydroxylation sites is 1. The molecular weight excluding hydrogens is 509 g/mol. The first kappa shape index (κ1) is 22.0. The summed E-state index contributed by atoms with van der Waals surface area (Å²) < 4.78 is 15.1. The average Bonchev–Trinajstić information content (AvgIpc) is 3.23. The minimum Gasteiger partial charge on any atom is -0.356 e. The normalized spacial score (nSPS) is 19.7. The summed E-state index contributed by atoms with van der Waals surface area (Å²) in [6.07, 6.45) is 0.816. The van der Waals surface area contributed by atoms with Crippen LogP contribution in [0.1, 0.15) is 28.4 Å². The molecule has 6 rings (SSSR count). The van der Waals surface area contributed by atoms with Crippen molar-refractivity contribution >= 4 is 38.6 Å². The Morgan fingerprint density at radius 2 is 1.80 bits per heavy atom. The standard InChI is InChI=1S/C28H23BrFN3O2/c29-19-8-5-7-18(14-19)27-26-21(20-9-2-4-11-23(20)31-26)15-24-28(35)32(16-25(34)33(24)27)13-12-17-6-1-3-10-22(17)30/h1-11,14,24,27,31H,12-13,15-16H2. The molecule has 2 atom stereocenters. The first-order chi connectivity index (χ1) is 17.0. The van der Waals surface area contributed by atoms with Crippen LogP contribution in [0, 0.1) is 5.82 Å². The molecule has 4 aromatic rings. The molecule has 1 N–H and O–H groups in total. The van der Waals surface area contributed by atoms with E-state index in [0.29, 0.717) is 24.9 Å². The van der Waals surface area contributed by atoms with Crippen LogP contribution in [0.4, 0.5) is 4.39 Å². The lowest BCUT2D eigenvalue weighted by Crippen LogP contribution is -2.63. The van der Waals surface area contributed by atoms with Crippen molar-refractivity contribution in [2.24, 2.45) is 0 Å². The van der Waals surface area contributed by atoms with Crippen LogP contribution < -0.4 is 0 Å². The van der Waals surface area contributed by atoms with Gasteiger partial charge in [-0.3, -0.25) is 9.59 Å². The van der Waals surface area contributed by atoms with E-state index in [0.717, 1.165) is 32.2 Å². The fourth-order valence-corrected chi connectivity index (χ4v) is 5.91. The van der Waals surface area contributed by atoms with Crippen LogP contribution in [0.25, 0.3) is 10.9 Å². The molecule has 2 amide bonds. The van der Waals surface area contributed by atoms with Crippen LogP contribution in [-0.2, 0) is 22.4 Å². The molecule has 2 unspecified atom stereocenters. The largest absolute Gasteiger partial charge is 0.356 e. The molecule has 0 aliphatic carbocycles. The van der Waals surface area contributed by atoms with Gasteiger partial charge >= 0.3 is 0 Å². The number of halogens is 2. The van der Waals surface area contributed by atoms with Crippen molar-refractivity contribution in [1.82, 2.24) is 14.8 Å². The number of amides is 2. The number of hydrogen-bond acceptors (Lipinski definition) is 2. The van der Waals surface area contributed by atoms with Crippen LogP contribution in [-0.4, -0.2) is 45.7 Å². The number of benzene rings is 3. The van der Waals surface area contributed by atoms with E-state index in [1.54, 1.807) is 28.0 Å². The molecule has 1 fully saturated rings. The highest BCUT2D eigenvalue weighted by Gasteiger charge is 2.48. The van der Waals surface area contributed by atoms with Crippen LogP contribution in [0.15, 0.2) is 77.3 Å². The van der Waals surface area contributed by atoms with E-state index in [-0.39, 0.29) is 30.2 Å². The zero-order valence-electron chi connectivity index (χ0n) is 18.9. The van der Waals surface area contributed by atoms with Crippen molar-refractivity contribution < 1.29 is 14.0 Å². The highest BCUT2D eigenvalue weighted by molar-refractivity contribution is 9.10. The molecule has 2 aliphatic heterocycles. The molecule has 5 nitrogen and oxygen atoms in total. The average molecular weight is 532 g/mol. The number of fused-ring (bicyclic) bond motifs is 4. The molecule has 1 aromatic heterocycles. The van der Waals surface area contributed by atoms with E-state index < -0.39 is 6.04 Å². The van der Waals surface area contributed by atoms with Crippen molar-refractivity contribution in [3.05, 3.63) is 105 Å². The number of aromatic nitrogens is 1. The molecule has 3 aromatic carbocycles. The van der Waals surface area contributed by atoms with E-state index in [2.05, 4.69) is 27.0 Å². The Hall–Kier alpha value is -3.45. The van der Waals surface area contributed by atoms with E-state index >= 15 is 0 Å². The fourth-order valence-electron chi connectivity index (χ4n) is 5.49. The lowest BCUT2D eigenvalue weighted by atomic mass is 9.86. The lowest BCUT2D eigenvalue weighted by Gasteiger charge is -2.47. The second-order valence-corrected chi connectivity index (χ2v) is 10.1. The number of H-pyrrole nitrogens is 1. The molecule has 1 saturated heterocycles. The number of piperazine rings is 1. The Morgan fingerprint density at radius 3 is 2.63 bits per heavy atom. The summed E-state index contributed by atoms with van der Waals surface area (Å²) in [5, 5.41) is 1.07. The predicted octanol–water partition coefficient (Wildman–Crippen LogP) is 5.00. The van der Waals surface area contributed by atoms with Crippen LogP contribution >= 0.6 is 15.9 Å². The first-order valence-corrected chi connectivity index (χ1v) is 12.5. The number of hydrogen-bond donors (Lipinski definition) is 1. The molecule has 2 aliphatic rings. The molecule has 35 heavy (non-hydrogen) atoms. The highest BCUT2D eigenvalue weighted by Crippen LogP contribution is 2.42. The zero-order valence-corrected chi connectivity index (χ0v) is 20.5. The van der Waals surface area contributed by atoms with Gasteiger partial charge in [0.05, 0.1) is 12.6 Å². The van der Waals surface area contributed by atoms with Gasteiger partial charge in [0.1, 0.15) is 11.9 Å². The first-order valence-electron chi connectivity index (χ1n) is 11.7. The summed E-state index contributed by atoms with van der Waals surface area (Å²) in [4.78, 5) is 34.2. The number of carbonyl (C=O) groups excluding carboxylic acids is 2. The summed E-state index contributed by atoms with van der Waals surface area (Å²) in [6.45, 7) is 0.294. The Morgan fingerprint density at radius 1 is 1.00 bits per heavy atom. The molecule has 7 heteroatoms. The minimum atomic E-state index is -0.604. The lowest BCUT2D eigenvalue weighted by molar-refractivity contribution is -0.158. The van der Waals surface area contributed by atoms with Crippen molar-refractivity contribution in [3.63, 3.8) is 0 Å². The third-order valence-electron chi connectivity index (χ3n) is 7.12. The molecule has 0 saturated carbocycles. The topological polar surface area (TPSA) is 56.4 Å². The maximum atomic E-state index is 14.2. The molecule has 0 radical (unpaired) electrons. The van der Waals surface area contributed by atoms with Gasteiger partial charge in [-0.05, 0) is 47.4 Å². The quantitative estimate of drug-likeness (QED) is 0.403. The second-order valence-electron chi connectivity index (χ2n) is 9.14. The summed E-state index contributed by atoms with van der Waals surface area (Å²) in [7, 11) is 0. The Kier molecular flexibility index (Phi) is 5.44. The summed E-state index contributed by atoms with van der Waals surface area (Å²) in [6, 6.07) is 21.5. The van der Waals surface area contributed by atoms with Gasteiger partial charge in [0.15, 0.2) is 0 Å². The second kappa shape index (κ2) is 8.64.